The lowest BCUT2D eigenvalue weighted by molar-refractivity contribution is -0.138. The quantitative estimate of drug-likeness (QED) is 0.917. The molecule has 5 heteroatoms. The zero-order chi connectivity index (χ0) is 14.8. The molecule has 1 saturated heterocycles. The first-order chi connectivity index (χ1) is 9.41. The maximum Gasteiger partial charge on any atom is 0.416 e. The maximum absolute atomic E-state index is 13.0. The standard InChI is InChI=1S/C15H21F3N2/c1-3-13-10-20(11(2)8-19-13)9-12-6-4-5-7-14(12)15(16,17)18/h4-7,11,13,19H,3,8-10H2,1-2H3. The highest BCUT2D eigenvalue weighted by Gasteiger charge is 2.34. The van der Waals surface area contributed by atoms with Gasteiger partial charge in [0.05, 0.1) is 5.56 Å². The summed E-state index contributed by atoms with van der Waals surface area (Å²) in [5.74, 6) is 0. The van der Waals surface area contributed by atoms with Crippen molar-refractivity contribution >= 4 is 0 Å². The third kappa shape index (κ3) is 3.52. The molecule has 0 aromatic heterocycles. The molecule has 0 spiro atoms. The fourth-order valence-electron chi connectivity index (χ4n) is 2.64. The molecule has 1 heterocycles. The van der Waals surface area contributed by atoms with Crippen LogP contribution in [0.3, 0.4) is 0 Å². The predicted octanol–water partition coefficient (Wildman–Crippen LogP) is 3.28. The maximum atomic E-state index is 13.0. The summed E-state index contributed by atoms with van der Waals surface area (Å²) >= 11 is 0. The number of halogens is 3. The van der Waals surface area contributed by atoms with Crippen molar-refractivity contribution in [2.45, 2.75) is 45.1 Å². The summed E-state index contributed by atoms with van der Waals surface area (Å²) in [4.78, 5) is 2.13. The van der Waals surface area contributed by atoms with Gasteiger partial charge >= 0.3 is 6.18 Å². The Hall–Kier alpha value is -1.07. The van der Waals surface area contributed by atoms with Gasteiger partial charge < -0.3 is 5.32 Å². The van der Waals surface area contributed by atoms with Gasteiger partial charge in [0.15, 0.2) is 0 Å². The second kappa shape index (κ2) is 6.14. The lowest BCUT2D eigenvalue weighted by Gasteiger charge is -2.39. The normalized spacial score (nSPS) is 24.9. The Morgan fingerprint density at radius 2 is 2.00 bits per heavy atom. The fraction of sp³-hybridized carbons (Fsp3) is 0.600. The van der Waals surface area contributed by atoms with Crippen LogP contribution in [0.5, 0.6) is 0 Å². The zero-order valence-electron chi connectivity index (χ0n) is 11.9. The number of hydrogen-bond donors (Lipinski definition) is 1. The van der Waals surface area contributed by atoms with Crippen molar-refractivity contribution in [1.82, 2.24) is 10.2 Å². The largest absolute Gasteiger partial charge is 0.416 e. The number of piperazine rings is 1. The number of nitrogens with one attached hydrogen (secondary N) is 1. The van der Waals surface area contributed by atoms with Crippen molar-refractivity contribution < 1.29 is 13.2 Å². The number of alkyl halides is 3. The lowest BCUT2D eigenvalue weighted by atomic mass is 10.0. The highest BCUT2D eigenvalue weighted by atomic mass is 19.4. The van der Waals surface area contributed by atoms with Gasteiger partial charge in [-0.15, -0.1) is 0 Å². The van der Waals surface area contributed by atoms with Gasteiger partial charge in [-0.3, -0.25) is 4.90 Å². The van der Waals surface area contributed by atoms with E-state index in [1.54, 1.807) is 12.1 Å². The van der Waals surface area contributed by atoms with Gasteiger partial charge in [-0.05, 0) is 25.0 Å². The van der Waals surface area contributed by atoms with E-state index in [2.05, 4.69) is 24.1 Å². The Morgan fingerprint density at radius 3 is 2.65 bits per heavy atom. The Balaban J connectivity index is 2.17. The SMILES string of the molecule is CCC1CN(Cc2ccccc2C(F)(F)F)C(C)CN1. The fourth-order valence-corrected chi connectivity index (χ4v) is 2.64. The number of benzene rings is 1. The average Bonchev–Trinajstić information content (AvgIpc) is 2.41. The molecule has 2 unspecified atom stereocenters. The monoisotopic (exact) mass is 286 g/mol. The zero-order valence-corrected chi connectivity index (χ0v) is 11.9. The third-order valence-corrected chi connectivity index (χ3v) is 3.97. The molecule has 20 heavy (non-hydrogen) atoms. The van der Waals surface area contributed by atoms with Crippen molar-refractivity contribution in [3.63, 3.8) is 0 Å². The third-order valence-electron chi connectivity index (χ3n) is 3.97. The summed E-state index contributed by atoms with van der Waals surface area (Å²) in [7, 11) is 0. The van der Waals surface area contributed by atoms with E-state index in [0.717, 1.165) is 19.5 Å². The molecule has 1 N–H and O–H groups in total. The van der Waals surface area contributed by atoms with Crippen LogP contribution < -0.4 is 5.32 Å². The van der Waals surface area contributed by atoms with Gasteiger partial charge in [-0.1, -0.05) is 25.1 Å². The Morgan fingerprint density at radius 1 is 1.30 bits per heavy atom. The van der Waals surface area contributed by atoms with Crippen molar-refractivity contribution in [3.05, 3.63) is 35.4 Å². The summed E-state index contributed by atoms with van der Waals surface area (Å²) in [6.45, 7) is 6.12. The Kier molecular flexibility index (Phi) is 4.70. The highest BCUT2D eigenvalue weighted by molar-refractivity contribution is 5.29. The molecule has 2 nitrogen and oxygen atoms in total. The van der Waals surface area contributed by atoms with Crippen LogP contribution in [0, 0.1) is 0 Å². The summed E-state index contributed by atoms with van der Waals surface area (Å²) < 4.78 is 39.0. The first-order valence-electron chi connectivity index (χ1n) is 7.04. The predicted molar refractivity (Wildman–Crippen MR) is 73.4 cm³/mol. The molecule has 0 amide bonds. The average molecular weight is 286 g/mol. The minimum atomic E-state index is -4.28. The molecule has 1 fully saturated rings. The van der Waals surface area contributed by atoms with Crippen molar-refractivity contribution in [3.8, 4) is 0 Å². The minimum Gasteiger partial charge on any atom is -0.311 e. The molecule has 2 rings (SSSR count). The molecule has 0 bridgehead atoms. The number of rotatable bonds is 3. The molecule has 2 atom stereocenters. The molecule has 1 aliphatic heterocycles. The summed E-state index contributed by atoms with van der Waals surface area (Å²) in [6, 6.07) is 6.48. The van der Waals surface area contributed by atoms with Gasteiger partial charge in [-0.25, -0.2) is 0 Å². The first-order valence-corrected chi connectivity index (χ1v) is 7.04. The van der Waals surface area contributed by atoms with Crippen molar-refractivity contribution in [2.75, 3.05) is 13.1 Å². The minimum absolute atomic E-state index is 0.249. The Bertz CT molecular complexity index is 445. The number of hydrogen-bond acceptors (Lipinski definition) is 2. The molecule has 0 saturated carbocycles. The van der Waals surface area contributed by atoms with E-state index in [-0.39, 0.29) is 6.04 Å². The van der Waals surface area contributed by atoms with E-state index in [1.165, 1.54) is 12.1 Å². The van der Waals surface area contributed by atoms with Crippen molar-refractivity contribution in [2.24, 2.45) is 0 Å². The molecular formula is C15H21F3N2. The molecule has 0 radical (unpaired) electrons. The van der Waals surface area contributed by atoms with Gasteiger partial charge in [0.25, 0.3) is 0 Å². The van der Waals surface area contributed by atoms with Crippen molar-refractivity contribution in [1.29, 1.82) is 0 Å². The van der Waals surface area contributed by atoms with Crippen LogP contribution in [0.4, 0.5) is 13.2 Å². The smallest absolute Gasteiger partial charge is 0.311 e. The van der Waals surface area contributed by atoms with Gasteiger partial charge in [-0.2, -0.15) is 13.2 Å². The summed E-state index contributed by atoms with van der Waals surface area (Å²) in [6.07, 6.45) is -3.29. The van der Waals surface area contributed by atoms with Crippen LogP contribution in [-0.4, -0.2) is 30.1 Å². The van der Waals surface area contributed by atoms with Crippen LogP contribution in [0.15, 0.2) is 24.3 Å². The summed E-state index contributed by atoms with van der Waals surface area (Å²) in [5, 5.41) is 3.42. The second-order valence-corrected chi connectivity index (χ2v) is 5.45. The molecule has 1 aromatic rings. The molecule has 0 aliphatic carbocycles. The van der Waals surface area contributed by atoms with Crippen LogP contribution in [0.2, 0.25) is 0 Å². The van der Waals surface area contributed by atoms with Gasteiger partial charge in [0, 0.05) is 31.7 Å². The van der Waals surface area contributed by atoms with E-state index in [0.29, 0.717) is 18.2 Å². The van der Waals surface area contributed by atoms with E-state index in [9.17, 15) is 13.2 Å². The van der Waals surface area contributed by atoms with Crippen LogP contribution in [0.1, 0.15) is 31.4 Å². The van der Waals surface area contributed by atoms with Crippen LogP contribution >= 0.6 is 0 Å². The molecule has 112 valence electrons. The second-order valence-electron chi connectivity index (χ2n) is 5.45. The van der Waals surface area contributed by atoms with Crippen LogP contribution in [0.25, 0.3) is 0 Å². The van der Waals surface area contributed by atoms with E-state index < -0.39 is 11.7 Å². The number of nitrogens with zero attached hydrogens (tertiary/aromatic N) is 1. The summed E-state index contributed by atoms with van der Waals surface area (Å²) in [5.41, 5.74) is -0.151. The topological polar surface area (TPSA) is 15.3 Å². The van der Waals surface area contributed by atoms with Crippen LogP contribution in [-0.2, 0) is 12.7 Å². The molecular weight excluding hydrogens is 265 g/mol. The van der Waals surface area contributed by atoms with Gasteiger partial charge in [0.1, 0.15) is 0 Å². The highest BCUT2D eigenvalue weighted by Crippen LogP contribution is 2.32. The lowest BCUT2D eigenvalue weighted by Crippen LogP contribution is -2.54. The molecule has 1 aromatic carbocycles. The van der Waals surface area contributed by atoms with E-state index >= 15 is 0 Å². The Labute approximate surface area is 118 Å². The van der Waals surface area contributed by atoms with Gasteiger partial charge in [0.2, 0.25) is 0 Å². The first kappa shape index (κ1) is 15.3. The molecule has 1 aliphatic rings. The van der Waals surface area contributed by atoms with E-state index in [1.807, 2.05) is 0 Å². The van der Waals surface area contributed by atoms with E-state index in [4.69, 9.17) is 0 Å².